The number of alkyl halides is 3. The van der Waals surface area contributed by atoms with Crippen molar-refractivity contribution < 1.29 is 31.5 Å². The summed E-state index contributed by atoms with van der Waals surface area (Å²) >= 11 is 0. The Balaban J connectivity index is 2.51. The molecule has 0 bridgehead atoms. The Labute approximate surface area is 104 Å². The van der Waals surface area contributed by atoms with Gasteiger partial charge in [0.1, 0.15) is 12.4 Å². The van der Waals surface area contributed by atoms with Gasteiger partial charge in [0.05, 0.1) is 5.56 Å². The van der Waals surface area contributed by atoms with Crippen molar-refractivity contribution in [3.05, 3.63) is 35.3 Å². The van der Waals surface area contributed by atoms with Gasteiger partial charge in [0.25, 0.3) is 0 Å². The van der Waals surface area contributed by atoms with E-state index in [-0.39, 0.29) is 12.4 Å². The van der Waals surface area contributed by atoms with E-state index in [9.17, 15) is 22.4 Å². The fourth-order valence-corrected chi connectivity index (χ4v) is 1.63. The number of ether oxygens (including phenoxy) is 1. The number of carbonyl (C=O) groups is 1. The number of halogens is 4. The van der Waals surface area contributed by atoms with Gasteiger partial charge in [-0.2, -0.15) is 13.2 Å². The molecule has 0 fully saturated rings. The minimum Gasteiger partial charge on any atom is -0.458 e. The van der Waals surface area contributed by atoms with Crippen LogP contribution in [0.15, 0.2) is 22.6 Å². The van der Waals surface area contributed by atoms with Crippen LogP contribution in [0.1, 0.15) is 18.2 Å². The quantitative estimate of drug-likeness (QED) is 0.620. The van der Waals surface area contributed by atoms with Crippen molar-refractivity contribution in [2.45, 2.75) is 19.7 Å². The molecule has 0 aliphatic heterocycles. The van der Waals surface area contributed by atoms with Crippen LogP contribution < -0.4 is 0 Å². The monoisotopic (exact) mass is 276 g/mol. The molecule has 7 heteroatoms. The molecule has 102 valence electrons. The summed E-state index contributed by atoms with van der Waals surface area (Å²) in [7, 11) is 0. The molecule has 0 amide bonds. The molecule has 0 aliphatic rings. The number of fused-ring (bicyclic) bond motifs is 1. The molecule has 2 aromatic rings. The molecular weight excluding hydrogens is 268 g/mol. The molecular formula is C12H8F4O3. The van der Waals surface area contributed by atoms with Crippen LogP contribution in [0.5, 0.6) is 0 Å². The SMILES string of the molecule is CC(=O)OCc1cc2c(C(F)(F)F)ccc(F)c2o1. The Bertz CT molecular complexity index is 628. The van der Waals surface area contributed by atoms with Crippen molar-refractivity contribution in [2.24, 2.45) is 0 Å². The summed E-state index contributed by atoms with van der Waals surface area (Å²) in [6.07, 6.45) is -4.62. The predicted octanol–water partition coefficient (Wildman–Crippen LogP) is 3.65. The number of hydrogen-bond acceptors (Lipinski definition) is 3. The van der Waals surface area contributed by atoms with Crippen LogP contribution in [0, 0.1) is 5.82 Å². The highest BCUT2D eigenvalue weighted by Gasteiger charge is 2.34. The van der Waals surface area contributed by atoms with Gasteiger partial charge < -0.3 is 9.15 Å². The van der Waals surface area contributed by atoms with Crippen LogP contribution in [-0.4, -0.2) is 5.97 Å². The molecule has 1 aromatic heterocycles. The number of benzene rings is 1. The summed E-state index contributed by atoms with van der Waals surface area (Å²) in [6, 6.07) is 2.34. The van der Waals surface area contributed by atoms with Crippen molar-refractivity contribution in [3.63, 3.8) is 0 Å². The number of hydrogen-bond donors (Lipinski definition) is 0. The second-order valence-electron chi connectivity index (χ2n) is 3.83. The fraction of sp³-hybridized carbons (Fsp3) is 0.250. The number of carbonyl (C=O) groups excluding carboxylic acids is 1. The zero-order valence-corrected chi connectivity index (χ0v) is 9.68. The minimum atomic E-state index is -4.62. The Morgan fingerprint density at radius 3 is 2.63 bits per heavy atom. The molecule has 0 atom stereocenters. The Hall–Kier alpha value is -2.05. The number of esters is 1. The molecule has 0 radical (unpaired) electrons. The summed E-state index contributed by atoms with van der Waals surface area (Å²) in [5, 5.41) is -0.394. The molecule has 3 nitrogen and oxygen atoms in total. The van der Waals surface area contributed by atoms with Gasteiger partial charge in [0, 0.05) is 12.3 Å². The van der Waals surface area contributed by atoms with E-state index in [1.807, 2.05) is 0 Å². The van der Waals surface area contributed by atoms with E-state index >= 15 is 0 Å². The Morgan fingerprint density at radius 1 is 1.37 bits per heavy atom. The first-order valence-electron chi connectivity index (χ1n) is 5.20. The lowest BCUT2D eigenvalue weighted by molar-refractivity contribution is -0.142. The number of rotatable bonds is 2. The third kappa shape index (κ3) is 2.69. The number of furan rings is 1. The van der Waals surface area contributed by atoms with Crippen molar-refractivity contribution in [3.8, 4) is 0 Å². The van der Waals surface area contributed by atoms with Crippen molar-refractivity contribution in [2.75, 3.05) is 0 Å². The van der Waals surface area contributed by atoms with Crippen LogP contribution in [0.4, 0.5) is 17.6 Å². The van der Waals surface area contributed by atoms with Gasteiger partial charge in [0.2, 0.25) is 0 Å². The summed E-state index contributed by atoms with van der Waals surface area (Å²) < 4.78 is 61.1. The topological polar surface area (TPSA) is 39.4 Å². The first-order valence-corrected chi connectivity index (χ1v) is 5.20. The van der Waals surface area contributed by atoms with Crippen LogP contribution >= 0.6 is 0 Å². The minimum absolute atomic E-state index is 0.0548. The van der Waals surface area contributed by atoms with Crippen LogP contribution in [0.2, 0.25) is 0 Å². The summed E-state index contributed by atoms with van der Waals surface area (Å²) in [6.45, 7) is 0.797. The predicted molar refractivity (Wildman–Crippen MR) is 56.6 cm³/mol. The van der Waals surface area contributed by atoms with E-state index in [0.717, 1.165) is 13.0 Å². The maximum absolute atomic E-state index is 13.4. The smallest absolute Gasteiger partial charge is 0.417 e. The second-order valence-corrected chi connectivity index (χ2v) is 3.83. The highest BCUT2D eigenvalue weighted by atomic mass is 19.4. The molecule has 0 N–H and O–H groups in total. The van der Waals surface area contributed by atoms with Crippen LogP contribution in [0.25, 0.3) is 11.0 Å². The Kier molecular flexibility index (Phi) is 3.21. The van der Waals surface area contributed by atoms with E-state index in [0.29, 0.717) is 12.1 Å². The van der Waals surface area contributed by atoms with Gasteiger partial charge in [-0.15, -0.1) is 0 Å². The highest BCUT2D eigenvalue weighted by molar-refractivity contribution is 5.83. The lowest BCUT2D eigenvalue weighted by Gasteiger charge is -2.06. The van der Waals surface area contributed by atoms with Gasteiger partial charge >= 0.3 is 12.1 Å². The maximum atomic E-state index is 13.4. The lowest BCUT2D eigenvalue weighted by atomic mass is 10.1. The third-order valence-electron chi connectivity index (χ3n) is 2.41. The average molecular weight is 276 g/mol. The summed E-state index contributed by atoms with van der Waals surface area (Å²) in [5.41, 5.74) is -1.50. The van der Waals surface area contributed by atoms with Gasteiger partial charge in [-0.05, 0) is 18.2 Å². The van der Waals surface area contributed by atoms with E-state index in [1.54, 1.807) is 0 Å². The first kappa shape index (κ1) is 13.4. The first-order chi connectivity index (χ1) is 8.79. The molecule has 0 saturated carbocycles. The lowest BCUT2D eigenvalue weighted by Crippen LogP contribution is -2.05. The van der Waals surface area contributed by atoms with Crippen molar-refractivity contribution >= 4 is 16.9 Å². The zero-order valence-electron chi connectivity index (χ0n) is 9.68. The molecule has 0 spiro atoms. The van der Waals surface area contributed by atoms with Gasteiger partial charge in [0.15, 0.2) is 11.4 Å². The molecule has 0 unspecified atom stereocenters. The Morgan fingerprint density at radius 2 is 2.05 bits per heavy atom. The fourth-order valence-electron chi connectivity index (χ4n) is 1.63. The second kappa shape index (κ2) is 4.56. The standard InChI is InChI=1S/C12H8F4O3/c1-6(17)18-5-7-4-8-9(12(14,15)16)2-3-10(13)11(8)19-7/h2-4H,5H2,1H3. The van der Waals surface area contributed by atoms with Crippen LogP contribution in [0.3, 0.4) is 0 Å². The largest absolute Gasteiger partial charge is 0.458 e. The van der Waals surface area contributed by atoms with E-state index in [4.69, 9.17) is 4.42 Å². The maximum Gasteiger partial charge on any atom is 0.417 e. The highest BCUT2D eigenvalue weighted by Crippen LogP contribution is 2.37. The molecule has 0 aliphatic carbocycles. The zero-order chi connectivity index (χ0) is 14.2. The molecule has 19 heavy (non-hydrogen) atoms. The molecule has 2 rings (SSSR count). The summed E-state index contributed by atoms with van der Waals surface area (Å²) in [4.78, 5) is 10.6. The van der Waals surface area contributed by atoms with Crippen LogP contribution in [-0.2, 0) is 22.3 Å². The van der Waals surface area contributed by atoms with E-state index in [1.165, 1.54) is 0 Å². The van der Waals surface area contributed by atoms with E-state index < -0.39 is 34.5 Å². The van der Waals surface area contributed by atoms with Gasteiger partial charge in [-0.25, -0.2) is 4.39 Å². The van der Waals surface area contributed by atoms with Crippen molar-refractivity contribution in [1.82, 2.24) is 0 Å². The van der Waals surface area contributed by atoms with E-state index in [2.05, 4.69) is 4.74 Å². The molecule has 1 aromatic carbocycles. The normalized spacial score (nSPS) is 11.8. The third-order valence-corrected chi connectivity index (χ3v) is 2.41. The van der Waals surface area contributed by atoms with Gasteiger partial charge in [-0.3, -0.25) is 4.79 Å². The molecule has 0 saturated heterocycles. The summed E-state index contributed by atoms with van der Waals surface area (Å²) in [5.74, 6) is -1.57. The molecule has 1 heterocycles. The average Bonchev–Trinajstić information content (AvgIpc) is 2.69. The van der Waals surface area contributed by atoms with Crippen molar-refractivity contribution in [1.29, 1.82) is 0 Å². The van der Waals surface area contributed by atoms with Gasteiger partial charge in [-0.1, -0.05) is 0 Å².